The minimum absolute atomic E-state index is 0.284. The van der Waals surface area contributed by atoms with E-state index in [9.17, 15) is 8.42 Å². The molecule has 1 N–H and O–H groups in total. The van der Waals surface area contributed by atoms with E-state index >= 15 is 0 Å². The first-order chi connectivity index (χ1) is 10.7. The molecular formula is C17H25N3O2S. The Kier molecular flexibility index (Phi) is 5.24. The average Bonchev–Trinajstić information content (AvgIpc) is 2.45. The van der Waals surface area contributed by atoms with Crippen molar-refractivity contribution in [2.75, 3.05) is 18.1 Å². The quantitative estimate of drug-likeness (QED) is 0.876. The number of aromatic nitrogens is 2. The highest BCUT2D eigenvalue weighted by atomic mass is 32.2. The van der Waals surface area contributed by atoms with Crippen molar-refractivity contribution in [3.05, 3.63) is 24.5 Å². The van der Waals surface area contributed by atoms with E-state index in [-0.39, 0.29) is 4.90 Å². The summed E-state index contributed by atoms with van der Waals surface area (Å²) in [6.45, 7) is 9.65. The molecule has 2 aromatic rings. The van der Waals surface area contributed by atoms with Gasteiger partial charge in [-0.05, 0) is 36.0 Å². The van der Waals surface area contributed by atoms with Gasteiger partial charge in [-0.15, -0.1) is 0 Å². The number of fused-ring (bicyclic) bond motifs is 1. The lowest BCUT2D eigenvalue weighted by molar-refractivity contribution is 0.304. The number of nitrogens with one attached hydrogen (secondary N) is 1. The van der Waals surface area contributed by atoms with Crippen LogP contribution in [0.4, 0.5) is 5.82 Å². The molecule has 2 rings (SSSR count). The molecule has 0 aliphatic heterocycles. The van der Waals surface area contributed by atoms with Gasteiger partial charge in [0.25, 0.3) is 0 Å². The predicted molar refractivity (Wildman–Crippen MR) is 94.3 cm³/mol. The lowest BCUT2D eigenvalue weighted by atomic mass is 9.85. The first-order valence-corrected chi connectivity index (χ1v) is 9.78. The summed E-state index contributed by atoms with van der Waals surface area (Å²) in [5.74, 6) is 2.31. The van der Waals surface area contributed by atoms with Crippen LogP contribution < -0.4 is 5.32 Å². The number of sulfone groups is 1. The van der Waals surface area contributed by atoms with Crippen LogP contribution in [0.15, 0.2) is 29.4 Å². The Hall–Kier alpha value is -1.69. The van der Waals surface area contributed by atoms with Gasteiger partial charge < -0.3 is 5.32 Å². The van der Waals surface area contributed by atoms with Crippen molar-refractivity contribution in [1.29, 1.82) is 0 Å². The second kappa shape index (κ2) is 6.83. The van der Waals surface area contributed by atoms with E-state index in [1.807, 2.05) is 0 Å². The molecule has 0 saturated carbocycles. The highest BCUT2D eigenvalue weighted by Gasteiger charge is 2.18. The standard InChI is InChI=1S/C17H25N3O2S/c1-11(2)15(12(3)4)9-18-17-14-8-13(23(5,21)22)6-7-16(14)19-10-20-17/h6-8,10-12,15H,9H2,1-5H3,(H,18,19,20). The molecule has 0 spiro atoms. The fourth-order valence-electron chi connectivity index (χ4n) is 2.86. The fraction of sp³-hybridized carbons (Fsp3) is 0.529. The number of hydrogen-bond donors (Lipinski definition) is 1. The Morgan fingerprint density at radius 3 is 2.30 bits per heavy atom. The molecular weight excluding hydrogens is 310 g/mol. The highest BCUT2D eigenvalue weighted by Crippen LogP contribution is 2.25. The van der Waals surface area contributed by atoms with Crippen LogP contribution in [0.5, 0.6) is 0 Å². The van der Waals surface area contributed by atoms with Gasteiger partial charge in [-0.1, -0.05) is 27.7 Å². The van der Waals surface area contributed by atoms with Gasteiger partial charge in [0.15, 0.2) is 9.84 Å². The summed E-state index contributed by atoms with van der Waals surface area (Å²) in [4.78, 5) is 8.80. The molecule has 1 aromatic heterocycles. The zero-order valence-electron chi connectivity index (χ0n) is 14.4. The molecule has 5 nitrogen and oxygen atoms in total. The zero-order valence-corrected chi connectivity index (χ0v) is 15.2. The van der Waals surface area contributed by atoms with Gasteiger partial charge in [0.1, 0.15) is 12.1 Å². The third kappa shape index (κ3) is 4.19. The second-order valence-corrected chi connectivity index (χ2v) is 8.72. The minimum atomic E-state index is -3.25. The van der Waals surface area contributed by atoms with Gasteiger partial charge >= 0.3 is 0 Å². The average molecular weight is 335 g/mol. The molecule has 0 atom stereocenters. The van der Waals surface area contributed by atoms with Crippen molar-refractivity contribution in [2.24, 2.45) is 17.8 Å². The zero-order chi connectivity index (χ0) is 17.2. The number of rotatable bonds is 6. The molecule has 1 aromatic carbocycles. The molecule has 126 valence electrons. The van der Waals surface area contributed by atoms with E-state index in [0.29, 0.717) is 23.6 Å². The Morgan fingerprint density at radius 2 is 1.74 bits per heavy atom. The van der Waals surface area contributed by atoms with Crippen molar-refractivity contribution in [3.8, 4) is 0 Å². The van der Waals surface area contributed by atoms with Crippen LogP contribution in [-0.4, -0.2) is 31.2 Å². The number of benzene rings is 1. The number of nitrogens with zero attached hydrogens (tertiary/aromatic N) is 2. The summed E-state index contributed by atoms with van der Waals surface area (Å²) in [6, 6.07) is 4.95. The van der Waals surface area contributed by atoms with Crippen molar-refractivity contribution in [2.45, 2.75) is 32.6 Å². The summed E-state index contributed by atoms with van der Waals surface area (Å²) < 4.78 is 23.5. The largest absolute Gasteiger partial charge is 0.369 e. The molecule has 0 amide bonds. The maximum absolute atomic E-state index is 11.8. The molecule has 1 heterocycles. The van der Waals surface area contributed by atoms with Gasteiger partial charge in [0.2, 0.25) is 0 Å². The molecule has 0 unspecified atom stereocenters. The van der Waals surface area contributed by atoms with E-state index in [1.54, 1.807) is 18.2 Å². The Bertz CT molecular complexity index is 778. The Labute approximate surface area is 138 Å². The third-order valence-corrected chi connectivity index (χ3v) is 5.36. The van der Waals surface area contributed by atoms with Gasteiger partial charge in [-0.25, -0.2) is 18.4 Å². The first kappa shape index (κ1) is 17.7. The van der Waals surface area contributed by atoms with Crippen LogP contribution in [0.25, 0.3) is 10.9 Å². The van der Waals surface area contributed by atoms with E-state index in [4.69, 9.17) is 0 Å². The van der Waals surface area contributed by atoms with E-state index < -0.39 is 9.84 Å². The van der Waals surface area contributed by atoms with Crippen LogP contribution in [0, 0.1) is 17.8 Å². The minimum Gasteiger partial charge on any atom is -0.369 e. The maximum Gasteiger partial charge on any atom is 0.175 e. The molecule has 0 bridgehead atoms. The Balaban J connectivity index is 2.37. The number of anilines is 1. The van der Waals surface area contributed by atoms with Crippen LogP contribution in [-0.2, 0) is 9.84 Å². The highest BCUT2D eigenvalue weighted by molar-refractivity contribution is 7.90. The maximum atomic E-state index is 11.8. The predicted octanol–water partition coefficient (Wildman–Crippen LogP) is 3.37. The van der Waals surface area contributed by atoms with Crippen LogP contribution in [0.3, 0.4) is 0 Å². The van der Waals surface area contributed by atoms with Crippen LogP contribution in [0.2, 0.25) is 0 Å². The molecule has 0 fully saturated rings. The van der Waals surface area contributed by atoms with Crippen LogP contribution in [0.1, 0.15) is 27.7 Å². The third-order valence-electron chi connectivity index (χ3n) is 4.25. The lowest BCUT2D eigenvalue weighted by Crippen LogP contribution is -2.25. The fourth-order valence-corrected chi connectivity index (χ4v) is 3.51. The summed E-state index contributed by atoms with van der Waals surface area (Å²) in [6.07, 6.45) is 2.71. The molecule has 0 radical (unpaired) electrons. The summed E-state index contributed by atoms with van der Waals surface area (Å²) >= 11 is 0. The second-order valence-electron chi connectivity index (χ2n) is 6.71. The first-order valence-electron chi connectivity index (χ1n) is 7.89. The normalized spacial score (nSPS) is 12.5. The van der Waals surface area contributed by atoms with Crippen LogP contribution >= 0.6 is 0 Å². The summed E-state index contributed by atoms with van der Waals surface area (Å²) in [5.41, 5.74) is 0.737. The number of hydrogen-bond acceptors (Lipinski definition) is 5. The smallest absolute Gasteiger partial charge is 0.175 e. The summed E-state index contributed by atoms with van der Waals surface area (Å²) in [5, 5.41) is 4.12. The molecule has 0 saturated heterocycles. The van der Waals surface area contributed by atoms with Crippen molar-refractivity contribution >= 4 is 26.6 Å². The van der Waals surface area contributed by atoms with Gasteiger partial charge in [0, 0.05) is 18.2 Å². The SMILES string of the molecule is CC(C)C(CNc1ncnc2ccc(S(C)(=O)=O)cc12)C(C)C. The molecule has 0 aliphatic rings. The van der Waals surface area contributed by atoms with Crippen molar-refractivity contribution in [1.82, 2.24) is 9.97 Å². The van der Waals surface area contributed by atoms with E-state index in [0.717, 1.165) is 17.4 Å². The molecule has 6 heteroatoms. The van der Waals surface area contributed by atoms with E-state index in [2.05, 4.69) is 43.0 Å². The van der Waals surface area contributed by atoms with Gasteiger partial charge in [0.05, 0.1) is 10.4 Å². The van der Waals surface area contributed by atoms with Crippen molar-refractivity contribution in [3.63, 3.8) is 0 Å². The monoisotopic (exact) mass is 335 g/mol. The van der Waals surface area contributed by atoms with Gasteiger partial charge in [-0.2, -0.15) is 0 Å². The molecule has 0 aliphatic carbocycles. The van der Waals surface area contributed by atoms with Gasteiger partial charge in [-0.3, -0.25) is 0 Å². The Morgan fingerprint density at radius 1 is 1.09 bits per heavy atom. The molecule has 23 heavy (non-hydrogen) atoms. The lowest BCUT2D eigenvalue weighted by Gasteiger charge is -2.25. The topological polar surface area (TPSA) is 72.0 Å². The van der Waals surface area contributed by atoms with E-state index in [1.165, 1.54) is 12.6 Å². The summed E-state index contributed by atoms with van der Waals surface area (Å²) in [7, 11) is -3.25. The van der Waals surface area contributed by atoms with Crippen molar-refractivity contribution < 1.29 is 8.42 Å².